The highest BCUT2D eigenvalue weighted by molar-refractivity contribution is 7.86. The molecule has 0 spiro atoms. The highest BCUT2D eigenvalue weighted by Crippen LogP contribution is 2.35. The molecule has 0 unspecified atom stereocenters. The van der Waals surface area contributed by atoms with Crippen LogP contribution in [0.25, 0.3) is 0 Å². The number of benzene rings is 2. The number of rotatable bonds is 7. The van der Waals surface area contributed by atoms with Gasteiger partial charge in [0.15, 0.2) is 11.5 Å². The number of aryl methyl sites for hydroxylation is 1. The fraction of sp³-hybridized carbons (Fsp3) is 0.250. The number of hydrogen-bond acceptors (Lipinski definition) is 7. The molecule has 2 aromatic rings. The molecule has 0 aliphatic heterocycles. The van der Waals surface area contributed by atoms with E-state index in [1.807, 2.05) is 6.92 Å². The minimum atomic E-state index is -4.05. The van der Waals surface area contributed by atoms with Crippen molar-refractivity contribution in [3.05, 3.63) is 57.6 Å². The second-order valence-corrected chi connectivity index (χ2v) is 6.74. The van der Waals surface area contributed by atoms with Crippen LogP contribution in [0.15, 0.2) is 41.3 Å². The fourth-order valence-corrected chi connectivity index (χ4v) is 3.00. The van der Waals surface area contributed by atoms with Crippen LogP contribution in [0.4, 0.5) is 5.69 Å². The summed E-state index contributed by atoms with van der Waals surface area (Å²) < 4.78 is 39.5. The molecule has 9 heteroatoms. The van der Waals surface area contributed by atoms with Crippen LogP contribution in [0.2, 0.25) is 0 Å². The van der Waals surface area contributed by atoms with Gasteiger partial charge in [0.25, 0.3) is 15.8 Å². The summed E-state index contributed by atoms with van der Waals surface area (Å²) in [5.41, 5.74) is 0.629. The molecule has 0 fully saturated rings. The van der Waals surface area contributed by atoms with Crippen molar-refractivity contribution >= 4 is 15.8 Å². The minimum absolute atomic E-state index is 0.0266. The average molecular weight is 367 g/mol. The van der Waals surface area contributed by atoms with Crippen LogP contribution in [0.5, 0.6) is 11.5 Å². The lowest BCUT2D eigenvalue weighted by Gasteiger charge is -2.11. The summed E-state index contributed by atoms with van der Waals surface area (Å²) in [7, 11) is -1.33. The van der Waals surface area contributed by atoms with Crippen molar-refractivity contribution in [1.82, 2.24) is 0 Å². The summed E-state index contributed by atoms with van der Waals surface area (Å²) in [6, 6.07) is 8.57. The zero-order valence-corrected chi connectivity index (χ0v) is 14.7. The third-order valence-corrected chi connectivity index (χ3v) is 4.74. The Morgan fingerprint density at radius 1 is 1.04 bits per heavy atom. The van der Waals surface area contributed by atoms with E-state index in [2.05, 4.69) is 0 Å². The van der Waals surface area contributed by atoms with Gasteiger partial charge >= 0.3 is 0 Å². The maximum absolute atomic E-state index is 12.2. The van der Waals surface area contributed by atoms with Crippen molar-refractivity contribution in [1.29, 1.82) is 0 Å². The van der Waals surface area contributed by atoms with Gasteiger partial charge < -0.3 is 9.47 Å². The highest BCUT2D eigenvalue weighted by Gasteiger charge is 2.22. The Morgan fingerprint density at radius 2 is 1.60 bits per heavy atom. The van der Waals surface area contributed by atoms with Gasteiger partial charge in [-0.3, -0.25) is 14.3 Å². The number of ether oxygens (including phenoxy) is 2. The summed E-state index contributed by atoms with van der Waals surface area (Å²) in [5, 5.41) is 11.2. The summed E-state index contributed by atoms with van der Waals surface area (Å²) in [5.74, 6) is 0.402. The van der Waals surface area contributed by atoms with Gasteiger partial charge in [0.2, 0.25) is 0 Å². The zero-order chi connectivity index (χ0) is 18.6. The largest absolute Gasteiger partial charge is 0.493 e. The predicted molar refractivity (Wildman–Crippen MR) is 89.4 cm³/mol. The van der Waals surface area contributed by atoms with Crippen molar-refractivity contribution in [2.45, 2.75) is 18.4 Å². The van der Waals surface area contributed by atoms with Crippen molar-refractivity contribution in [3.63, 3.8) is 0 Å². The molecule has 2 rings (SSSR count). The molecule has 2 aromatic carbocycles. The van der Waals surface area contributed by atoms with Crippen molar-refractivity contribution in [2.24, 2.45) is 0 Å². The number of methoxy groups -OCH3 is 2. The Hall–Kier alpha value is -2.65. The molecule has 8 nitrogen and oxygen atoms in total. The fourth-order valence-electron chi connectivity index (χ4n) is 2.11. The molecule has 134 valence electrons. The first-order chi connectivity index (χ1) is 11.8. The van der Waals surface area contributed by atoms with Crippen LogP contribution in [0, 0.1) is 17.0 Å². The van der Waals surface area contributed by atoms with Crippen molar-refractivity contribution in [2.75, 3.05) is 14.2 Å². The molecule has 0 aliphatic carbocycles. The SMILES string of the molecule is COc1cc(COS(=O)(=O)c2ccc(C)cc2)c([N+](=O)[O-])cc1OC. The van der Waals surface area contributed by atoms with Crippen molar-refractivity contribution < 1.29 is 27.0 Å². The van der Waals surface area contributed by atoms with E-state index in [0.717, 1.165) is 11.6 Å². The van der Waals surface area contributed by atoms with Gasteiger partial charge in [-0.05, 0) is 25.1 Å². The lowest BCUT2D eigenvalue weighted by atomic mass is 10.1. The van der Waals surface area contributed by atoms with E-state index < -0.39 is 21.6 Å². The maximum Gasteiger partial charge on any atom is 0.297 e. The molecule has 0 aromatic heterocycles. The average Bonchev–Trinajstić information content (AvgIpc) is 2.59. The van der Waals surface area contributed by atoms with Gasteiger partial charge in [0, 0.05) is 0 Å². The summed E-state index contributed by atoms with van der Waals surface area (Å²) >= 11 is 0. The zero-order valence-electron chi connectivity index (χ0n) is 13.9. The minimum Gasteiger partial charge on any atom is -0.493 e. The smallest absolute Gasteiger partial charge is 0.297 e. The van der Waals surface area contributed by atoms with Gasteiger partial charge in [-0.25, -0.2) is 0 Å². The molecular formula is C16H17NO7S. The Kier molecular flexibility index (Phi) is 5.60. The Bertz CT molecular complexity index is 876. The van der Waals surface area contributed by atoms with Crippen LogP contribution >= 0.6 is 0 Å². The van der Waals surface area contributed by atoms with Crippen LogP contribution in [-0.4, -0.2) is 27.6 Å². The lowest BCUT2D eigenvalue weighted by molar-refractivity contribution is -0.385. The molecule has 0 amide bonds. The van der Waals surface area contributed by atoms with E-state index in [9.17, 15) is 18.5 Å². The van der Waals surface area contributed by atoms with E-state index in [0.29, 0.717) is 0 Å². The Labute approximate surface area is 145 Å². The van der Waals surface area contributed by atoms with E-state index in [1.54, 1.807) is 12.1 Å². The topological polar surface area (TPSA) is 105 Å². The summed E-state index contributed by atoms with van der Waals surface area (Å²) in [6.45, 7) is 1.32. The van der Waals surface area contributed by atoms with E-state index in [1.165, 1.54) is 32.4 Å². The summed E-state index contributed by atoms with van der Waals surface area (Å²) in [6.07, 6.45) is 0. The second-order valence-electron chi connectivity index (χ2n) is 5.12. The predicted octanol–water partition coefficient (Wildman–Crippen LogP) is 2.83. The summed E-state index contributed by atoms with van der Waals surface area (Å²) in [4.78, 5) is 10.6. The lowest BCUT2D eigenvalue weighted by Crippen LogP contribution is -2.08. The quantitative estimate of drug-likeness (QED) is 0.421. The van der Waals surface area contributed by atoms with Gasteiger partial charge in [0.05, 0.1) is 42.3 Å². The monoisotopic (exact) mass is 367 g/mol. The maximum atomic E-state index is 12.2. The Morgan fingerprint density at radius 3 is 2.12 bits per heavy atom. The molecule has 0 radical (unpaired) electrons. The van der Waals surface area contributed by atoms with E-state index in [-0.39, 0.29) is 27.6 Å². The molecular weight excluding hydrogens is 350 g/mol. The Balaban J connectivity index is 2.33. The third kappa shape index (κ3) is 4.25. The number of hydrogen-bond donors (Lipinski definition) is 0. The van der Waals surface area contributed by atoms with Crippen LogP contribution in [0.1, 0.15) is 11.1 Å². The molecule has 0 aliphatic rings. The molecule has 25 heavy (non-hydrogen) atoms. The van der Waals surface area contributed by atoms with Crippen molar-refractivity contribution in [3.8, 4) is 11.5 Å². The number of nitrogens with zero attached hydrogens (tertiary/aromatic N) is 1. The number of nitro groups is 1. The standard InChI is InChI=1S/C16H17NO7S/c1-11-4-6-13(7-5-11)25(20,21)24-10-12-8-15(22-2)16(23-3)9-14(12)17(18)19/h4-9H,10H2,1-3H3. The van der Waals surface area contributed by atoms with Crippen LogP contribution in [0.3, 0.4) is 0 Å². The van der Waals surface area contributed by atoms with Gasteiger partial charge in [-0.15, -0.1) is 0 Å². The number of nitro benzene ring substituents is 1. The van der Waals surface area contributed by atoms with Crippen LogP contribution < -0.4 is 9.47 Å². The van der Waals surface area contributed by atoms with Gasteiger partial charge in [0.1, 0.15) is 0 Å². The first kappa shape index (κ1) is 18.7. The molecule has 0 atom stereocenters. The molecule has 0 saturated carbocycles. The van der Waals surface area contributed by atoms with Gasteiger partial charge in [-0.1, -0.05) is 17.7 Å². The third-order valence-electron chi connectivity index (χ3n) is 3.46. The first-order valence-electron chi connectivity index (χ1n) is 7.14. The van der Waals surface area contributed by atoms with Crippen LogP contribution in [-0.2, 0) is 20.9 Å². The normalized spacial score (nSPS) is 11.2. The molecule has 0 saturated heterocycles. The molecule has 0 N–H and O–H groups in total. The molecule has 0 heterocycles. The molecule has 0 bridgehead atoms. The first-order valence-corrected chi connectivity index (χ1v) is 8.54. The van der Waals surface area contributed by atoms with E-state index >= 15 is 0 Å². The second kappa shape index (κ2) is 7.49. The van der Waals surface area contributed by atoms with E-state index in [4.69, 9.17) is 13.7 Å². The van der Waals surface area contributed by atoms with Gasteiger partial charge in [-0.2, -0.15) is 8.42 Å². The highest BCUT2D eigenvalue weighted by atomic mass is 32.2.